The van der Waals surface area contributed by atoms with Crippen molar-refractivity contribution in [1.29, 1.82) is 0 Å². The van der Waals surface area contributed by atoms with Crippen LogP contribution < -0.4 is 4.90 Å². The zero-order valence-corrected chi connectivity index (χ0v) is 14.2. The number of hydrogen-bond donors (Lipinski definition) is 0. The molecule has 6 nitrogen and oxygen atoms in total. The van der Waals surface area contributed by atoms with Gasteiger partial charge in [-0.2, -0.15) is 18.3 Å². The SMILES string of the molecule is Cc1cc(C(F)(F)F)nn1CC(=O)N(CC1CCCO1)c1ccncc1. The van der Waals surface area contributed by atoms with Crippen molar-refractivity contribution in [3.8, 4) is 0 Å². The number of amides is 1. The number of carbonyl (C=O) groups excluding carboxylic acids is 1. The van der Waals surface area contributed by atoms with Crippen LogP contribution in [0.15, 0.2) is 30.6 Å². The van der Waals surface area contributed by atoms with Crippen molar-refractivity contribution in [3.63, 3.8) is 0 Å². The minimum Gasteiger partial charge on any atom is -0.376 e. The molecule has 140 valence electrons. The predicted octanol–water partition coefficient (Wildman–Crippen LogP) is 2.82. The topological polar surface area (TPSA) is 60.2 Å². The fraction of sp³-hybridized carbons (Fsp3) is 0.471. The molecule has 0 N–H and O–H groups in total. The molecule has 2 aromatic rings. The minimum absolute atomic E-state index is 0.0865. The van der Waals surface area contributed by atoms with Crippen LogP contribution in [0.25, 0.3) is 0 Å². The number of aryl methyl sites for hydroxylation is 1. The molecule has 0 spiro atoms. The van der Waals surface area contributed by atoms with Gasteiger partial charge in [0.25, 0.3) is 0 Å². The van der Waals surface area contributed by atoms with Crippen molar-refractivity contribution in [2.24, 2.45) is 0 Å². The standard InChI is InChI=1S/C17H19F3N4O2/c1-12-9-15(17(18,19)20)22-24(12)11-16(25)23(10-14-3-2-8-26-14)13-4-6-21-7-5-13/h4-7,9,14H,2-3,8,10-11H2,1H3. The maximum atomic E-state index is 12.8. The Morgan fingerprint density at radius 2 is 2.12 bits per heavy atom. The molecule has 1 amide bonds. The maximum absolute atomic E-state index is 12.8. The van der Waals surface area contributed by atoms with Gasteiger partial charge in [0.2, 0.25) is 5.91 Å². The Morgan fingerprint density at radius 3 is 2.69 bits per heavy atom. The van der Waals surface area contributed by atoms with E-state index in [-0.39, 0.29) is 24.2 Å². The molecule has 1 aliphatic heterocycles. The summed E-state index contributed by atoms with van der Waals surface area (Å²) in [5.41, 5.74) is -0.101. The van der Waals surface area contributed by atoms with Crippen LogP contribution in [0.3, 0.4) is 0 Å². The number of anilines is 1. The molecule has 26 heavy (non-hydrogen) atoms. The third-order valence-electron chi connectivity index (χ3n) is 4.24. The molecule has 2 aromatic heterocycles. The van der Waals surface area contributed by atoms with Crippen molar-refractivity contribution in [2.75, 3.05) is 18.1 Å². The number of nitrogens with zero attached hydrogens (tertiary/aromatic N) is 4. The molecular weight excluding hydrogens is 349 g/mol. The van der Waals surface area contributed by atoms with Gasteiger partial charge in [-0.3, -0.25) is 14.5 Å². The van der Waals surface area contributed by atoms with Gasteiger partial charge in [-0.1, -0.05) is 0 Å². The van der Waals surface area contributed by atoms with Gasteiger partial charge < -0.3 is 9.64 Å². The number of halogens is 3. The summed E-state index contributed by atoms with van der Waals surface area (Å²) in [5.74, 6) is -0.355. The number of alkyl halides is 3. The Hall–Kier alpha value is -2.42. The van der Waals surface area contributed by atoms with Crippen LogP contribution in [0.5, 0.6) is 0 Å². The van der Waals surface area contributed by atoms with Crippen molar-refractivity contribution in [3.05, 3.63) is 42.0 Å². The smallest absolute Gasteiger partial charge is 0.376 e. The lowest BCUT2D eigenvalue weighted by Crippen LogP contribution is -2.39. The third-order valence-corrected chi connectivity index (χ3v) is 4.24. The average Bonchev–Trinajstić information content (AvgIpc) is 3.23. The summed E-state index contributed by atoms with van der Waals surface area (Å²) < 4.78 is 45.1. The van der Waals surface area contributed by atoms with Gasteiger partial charge in [0.1, 0.15) is 6.54 Å². The monoisotopic (exact) mass is 368 g/mol. The molecule has 0 aliphatic carbocycles. The Kier molecular flexibility index (Phi) is 5.26. The average molecular weight is 368 g/mol. The summed E-state index contributed by atoms with van der Waals surface area (Å²) in [5, 5.41) is 3.53. The molecule has 0 bridgehead atoms. The summed E-state index contributed by atoms with van der Waals surface area (Å²) in [6, 6.07) is 4.30. The second-order valence-corrected chi connectivity index (χ2v) is 6.17. The highest BCUT2D eigenvalue weighted by Gasteiger charge is 2.35. The molecule has 3 rings (SSSR count). The van der Waals surface area contributed by atoms with Crippen LogP contribution in [0, 0.1) is 6.92 Å². The van der Waals surface area contributed by atoms with Crippen molar-refractivity contribution >= 4 is 11.6 Å². The van der Waals surface area contributed by atoms with E-state index in [0.29, 0.717) is 18.8 Å². The number of pyridine rings is 1. The van der Waals surface area contributed by atoms with Crippen LogP contribution in [0.2, 0.25) is 0 Å². The molecule has 9 heteroatoms. The van der Waals surface area contributed by atoms with Crippen LogP contribution in [-0.4, -0.2) is 39.9 Å². The van der Waals surface area contributed by atoms with Gasteiger partial charge in [-0.25, -0.2) is 0 Å². The predicted molar refractivity (Wildman–Crippen MR) is 87.5 cm³/mol. The number of rotatable bonds is 5. The number of ether oxygens (including phenoxy) is 1. The van der Waals surface area contributed by atoms with E-state index in [2.05, 4.69) is 10.1 Å². The van der Waals surface area contributed by atoms with Crippen molar-refractivity contribution < 1.29 is 22.7 Å². The Labute approximate surface area is 148 Å². The molecule has 1 fully saturated rings. The van der Waals surface area contributed by atoms with Gasteiger partial charge in [0, 0.05) is 30.4 Å². The molecule has 3 heterocycles. The molecule has 1 atom stereocenters. The Morgan fingerprint density at radius 1 is 1.38 bits per heavy atom. The molecule has 1 saturated heterocycles. The highest BCUT2D eigenvalue weighted by atomic mass is 19.4. The second-order valence-electron chi connectivity index (χ2n) is 6.17. The summed E-state index contributed by atoms with van der Waals surface area (Å²) in [7, 11) is 0. The molecule has 1 aliphatic rings. The number of hydrogen-bond acceptors (Lipinski definition) is 4. The van der Waals surface area contributed by atoms with E-state index in [1.165, 1.54) is 11.8 Å². The van der Waals surface area contributed by atoms with Gasteiger partial charge in [-0.05, 0) is 38.0 Å². The molecule has 0 saturated carbocycles. The van der Waals surface area contributed by atoms with E-state index in [0.717, 1.165) is 23.6 Å². The molecule has 1 unspecified atom stereocenters. The zero-order valence-electron chi connectivity index (χ0n) is 14.2. The number of aromatic nitrogens is 3. The summed E-state index contributed by atoms with van der Waals surface area (Å²) in [6.45, 7) is 2.20. The normalized spacial score (nSPS) is 17.5. The van der Waals surface area contributed by atoms with E-state index >= 15 is 0 Å². The Balaban J connectivity index is 1.80. The van der Waals surface area contributed by atoms with Crippen molar-refractivity contribution in [1.82, 2.24) is 14.8 Å². The van der Waals surface area contributed by atoms with E-state index in [1.54, 1.807) is 24.5 Å². The van der Waals surface area contributed by atoms with E-state index in [9.17, 15) is 18.0 Å². The highest BCUT2D eigenvalue weighted by Crippen LogP contribution is 2.28. The summed E-state index contributed by atoms with van der Waals surface area (Å²) in [6.07, 6.45) is 0.264. The van der Waals surface area contributed by atoms with Crippen LogP contribution in [0.1, 0.15) is 24.2 Å². The van der Waals surface area contributed by atoms with Crippen LogP contribution >= 0.6 is 0 Å². The zero-order chi connectivity index (χ0) is 18.7. The fourth-order valence-electron chi connectivity index (χ4n) is 2.89. The van der Waals surface area contributed by atoms with Crippen molar-refractivity contribution in [2.45, 2.75) is 38.6 Å². The van der Waals surface area contributed by atoms with E-state index in [4.69, 9.17) is 4.74 Å². The van der Waals surface area contributed by atoms with E-state index in [1.807, 2.05) is 0 Å². The first-order valence-corrected chi connectivity index (χ1v) is 8.28. The quantitative estimate of drug-likeness (QED) is 0.814. The van der Waals surface area contributed by atoms with Gasteiger partial charge >= 0.3 is 6.18 Å². The fourth-order valence-corrected chi connectivity index (χ4v) is 2.89. The third kappa shape index (κ3) is 4.21. The lowest BCUT2D eigenvalue weighted by Gasteiger charge is -2.25. The van der Waals surface area contributed by atoms with Crippen LogP contribution in [-0.2, 0) is 22.3 Å². The first-order chi connectivity index (χ1) is 12.3. The lowest BCUT2D eigenvalue weighted by molar-refractivity contribution is -0.141. The molecule has 0 aromatic carbocycles. The largest absolute Gasteiger partial charge is 0.435 e. The summed E-state index contributed by atoms with van der Waals surface area (Å²) >= 11 is 0. The summed E-state index contributed by atoms with van der Waals surface area (Å²) in [4.78, 5) is 18.3. The molecule has 0 radical (unpaired) electrons. The first-order valence-electron chi connectivity index (χ1n) is 8.28. The first kappa shape index (κ1) is 18.4. The lowest BCUT2D eigenvalue weighted by atomic mass is 10.2. The molecular formula is C17H19F3N4O2. The van der Waals surface area contributed by atoms with Gasteiger partial charge in [0.05, 0.1) is 12.6 Å². The Bertz CT molecular complexity index is 755. The van der Waals surface area contributed by atoms with E-state index < -0.39 is 11.9 Å². The number of carbonyl (C=O) groups is 1. The van der Waals surface area contributed by atoms with Crippen LogP contribution in [0.4, 0.5) is 18.9 Å². The highest BCUT2D eigenvalue weighted by molar-refractivity contribution is 5.93. The second kappa shape index (κ2) is 7.45. The minimum atomic E-state index is -4.54. The van der Waals surface area contributed by atoms with Gasteiger partial charge in [-0.15, -0.1) is 0 Å². The maximum Gasteiger partial charge on any atom is 0.435 e. The van der Waals surface area contributed by atoms with Gasteiger partial charge in [0.15, 0.2) is 5.69 Å².